The Morgan fingerprint density at radius 1 is 1.03 bits per heavy atom. The molecule has 3 heterocycles. The van der Waals surface area contributed by atoms with E-state index in [0.717, 1.165) is 24.9 Å². The van der Waals surface area contributed by atoms with Gasteiger partial charge >= 0.3 is 0 Å². The van der Waals surface area contributed by atoms with Gasteiger partial charge < -0.3 is 16.4 Å². The number of aryl methyl sites for hydroxylation is 2. The summed E-state index contributed by atoms with van der Waals surface area (Å²) >= 11 is 0. The summed E-state index contributed by atoms with van der Waals surface area (Å²) in [5, 5.41) is 5.35. The number of anilines is 3. The van der Waals surface area contributed by atoms with Crippen molar-refractivity contribution in [2.24, 2.45) is 0 Å². The first-order chi connectivity index (χ1) is 14.5. The van der Waals surface area contributed by atoms with Gasteiger partial charge in [-0.15, -0.1) is 0 Å². The number of nitrogen functional groups attached to an aromatic ring is 2. The Balaban J connectivity index is 1.54. The van der Waals surface area contributed by atoms with E-state index in [2.05, 4.69) is 76.3 Å². The van der Waals surface area contributed by atoms with Crippen molar-refractivity contribution < 1.29 is 0 Å². The summed E-state index contributed by atoms with van der Waals surface area (Å²) in [5.41, 5.74) is 19.1. The highest BCUT2D eigenvalue weighted by molar-refractivity contribution is 5.86. The minimum absolute atomic E-state index is 0.123. The monoisotopic (exact) mass is 399 g/mol. The largest absolute Gasteiger partial charge is 0.383 e. The SMILES string of the molecule is Cc1ccc(CN2CC(n3ncc4c(N)nc(N)nc43)Cc3ccccc32)cc1C. The van der Waals surface area contributed by atoms with Crippen LogP contribution in [0.1, 0.15) is 28.3 Å². The van der Waals surface area contributed by atoms with Gasteiger partial charge in [0.2, 0.25) is 5.95 Å². The van der Waals surface area contributed by atoms with Crippen LogP contribution in [-0.2, 0) is 13.0 Å². The van der Waals surface area contributed by atoms with Crippen LogP contribution in [0.25, 0.3) is 11.0 Å². The second-order valence-electron chi connectivity index (χ2n) is 8.08. The van der Waals surface area contributed by atoms with Gasteiger partial charge in [-0.1, -0.05) is 36.4 Å². The van der Waals surface area contributed by atoms with Gasteiger partial charge in [-0.05, 0) is 48.6 Å². The quantitative estimate of drug-likeness (QED) is 0.548. The highest BCUT2D eigenvalue weighted by atomic mass is 15.3. The average molecular weight is 400 g/mol. The first-order valence-corrected chi connectivity index (χ1v) is 10.1. The van der Waals surface area contributed by atoms with Crippen molar-refractivity contribution in [3.8, 4) is 0 Å². The third-order valence-corrected chi connectivity index (χ3v) is 6.01. The molecule has 5 rings (SSSR count). The predicted molar refractivity (Wildman–Crippen MR) is 120 cm³/mol. The molecular weight excluding hydrogens is 374 g/mol. The smallest absolute Gasteiger partial charge is 0.224 e. The Kier molecular flexibility index (Phi) is 4.31. The Bertz CT molecular complexity index is 1240. The summed E-state index contributed by atoms with van der Waals surface area (Å²) in [5.74, 6) is 0.539. The zero-order chi connectivity index (χ0) is 20.8. The van der Waals surface area contributed by atoms with Crippen LogP contribution in [0.4, 0.5) is 17.5 Å². The Hall–Kier alpha value is -3.61. The number of nitrogens with zero attached hydrogens (tertiary/aromatic N) is 5. The minimum atomic E-state index is 0.123. The van der Waals surface area contributed by atoms with Crippen LogP contribution in [0, 0.1) is 13.8 Å². The molecule has 0 saturated heterocycles. The van der Waals surface area contributed by atoms with Crippen molar-refractivity contribution in [2.45, 2.75) is 32.9 Å². The van der Waals surface area contributed by atoms with Crippen LogP contribution in [0.5, 0.6) is 0 Å². The Labute approximate surface area is 175 Å². The van der Waals surface area contributed by atoms with E-state index in [1.54, 1.807) is 6.20 Å². The van der Waals surface area contributed by atoms with E-state index in [4.69, 9.17) is 11.5 Å². The second kappa shape index (κ2) is 7.02. The van der Waals surface area contributed by atoms with Crippen LogP contribution in [0.15, 0.2) is 48.7 Å². The lowest BCUT2D eigenvalue weighted by molar-refractivity contribution is 0.439. The van der Waals surface area contributed by atoms with Gasteiger partial charge in [0.25, 0.3) is 0 Å². The molecular formula is C23H25N7. The average Bonchev–Trinajstić information content (AvgIpc) is 3.15. The van der Waals surface area contributed by atoms with Gasteiger partial charge in [0.1, 0.15) is 5.82 Å². The lowest BCUT2D eigenvalue weighted by Crippen LogP contribution is -2.36. The van der Waals surface area contributed by atoms with Gasteiger partial charge in [0, 0.05) is 18.8 Å². The summed E-state index contributed by atoms with van der Waals surface area (Å²) in [6, 6.07) is 15.4. The molecule has 0 bridgehead atoms. The summed E-state index contributed by atoms with van der Waals surface area (Å²) in [7, 11) is 0. The highest BCUT2D eigenvalue weighted by Crippen LogP contribution is 2.34. The highest BCUT2D eigenvalue weighted by Gasteiger charge is 2.28. The summed E-state index contributed by atoms with van der Waals surface area (Å²) in [4.78, 5) is 10.9. The van der Waals surface area contributed by atoms with Crippen molar-refractivity contribution in [1.82, 2.24) is 19.7 Å². The van der Waals surface area contributed by atoms with Crippen molar-refractivity contribution >= 4 is 28.5 Å². The number of aromatic nitrogens is 4. The third kappa shape index (κ3) is 3.12. The molecule has 2 aromatic heterocycles. The number of fused-ring (bicyclic) bond motifs is 2. The van der Waals surface area contributed by atoms with E-state index in [1.165, 1.54) is 27.9 Å². The van der Waals surface area contributed by atoms with E-state index in [9.17, 15) is 0 Å². The normalized spacial score (nSPS) is 16.1. The molecule has 1 unspecified atom stereocenters. The number of para-hydroxylation sites is 1. The lowest BCUT2D eigenvalue weighted by Gasteiger charge is -2.36. The molecule has 7 heteroatoms. The van der Waals surface area contributed by atoms with Crippen molar-refractivity contribution in [1.29, 1.82) is 0 Å². The maximum absolute atomic E-state index is 6.04. The van der Waals surface area contributed by atoms with Gasteiger partial charge in [-0.3, -0.25) is 0 Å². The summed E-state index contributed by atoms with van der Waals surface area (Å²) in [6.45, 7) is 5.97. The first kappa shape index (κ1) is 18.4. The number of hydrogen-bond donors (Lipinski definition) is 2. The molecule has 0 aliphatic carbocycles. The predicted octanol–water partition coefficient (Wildman–Crippen LogP) is 3.41. The van der Waals surface area contributed by atoms with Gasteiger partial charge in [-0.25, -0.2) is 4.68 Å². The standard InChI is InChI=1S/C23H25N7/c1-14-7-8-16(9-15(14)2)12-29-13-18(10-17-5-3-4-6-20(17)29)30-22-19(11-26-30)21(24)27-23(25)28-22/h3-9,11,18H,10,12-13H2,1-2H3,(H4,24,25,27,28). The van der Waals surface area contributed by atoms with Crippen LogP contribution in [0.3, 0.4) is 0 Å². The fourth-order valence-electron chi connectivity index (χ4n) is 4.33. The third-order valence-electron chi connectivity index (χ3n) is 6.01. The molecule has 0 saturated carbocycles. The van der Waals surface area contributed by atoms with E-state index in [-0.39, 0.29) is 12.0 Å². The minimum Gasteiger partial charge on any atom is -0.383 e. The van der Waals surface area contributed by atoms with Crippen LogP contribution in [0.2, 0.25) is 0 Å². The zero-order valence-electron chi connectivity index (χ0n) is 17.2. The van der Waals surface area contributed by atoms with Crippen molar-refractivity contribution in [3.05, 3.63) is 70.9 Å². The Morgan fingerprint density at radius 3 is 2.70 bits per heavy atom. The fraction of sp³-hybridized carbons (Fsp3) is 0.261. The second-order valence-corrected chi connectivity index (χ2v) is 8.08. The maximum Gasteiger partial charge on any atom is 0.224 e. The molecule has 0 radical (unpaired) electrons. The molecule has 7 nitrogen and oxygen atoms in total. The van der Waals surface area contributed by atoms with E-state index in [0.29, 0.717) is 11.5 Å². The Morgan fingerprint density at radius 2 is 1.87 bits per heavy atom. The molecule has 2 aromatic carbocycles. The fourth-order valence-corrected chi connectivity index (χ4v) is 4.33. The number of hydrogen-bond acceptors (Lipinski definition) is 6. The van der Waals surface area contributed by atoms with Crippen LogP contribution < -0.4 is 16.4 Å². The van der Waals surface area contributed by atoms with E-state index < -0.39 is 0 Å². The number of rotatable bonds is 3. The van der Waals surface area contributed by atoms with Gasteiger partial charge in [0.05, 0.1) is 17.6 Å². The first-order valence-electron chi connectivity index (χ1n) is 10.1. The summed E-state index contributed by atoms with van der Waals surface area (Å²) < 4.78 is 1.95. The summed E-state index contributed by atoms with van der Waals surface area (Å²) in [6.07, 6.45) is 2.61. The van der Waals surface area contributed by atoms with E-state index in [1.807, 2.05) is 4.68 Å². The molecule has 0 spiro atoms. The topological polar surface area (TPSA) is 98.9 Å². The number of nitrogens with two attached hydrogens (primary N) is 2. The maximum atomic E-state index is 6.04. The molecule has 1 atom stereocenters. The molecule has 1 aliphatic rings. The molecule has 0 fully saturated rings. The molecule has 0 amide bonds. The molecule has 152 valence electrons. The van der Waals surface area contributed by atoms with Gasteiger partial charge in [-0.2, -0.15) is 15.1 Å². The van der Waals surface area contributed by atoms with E-state index >= 15 is 0 Å². The van der Waals surface area contributed by atoms with Gasteiger partial charge in [0.15, 0.2) is 5.65 Å². The zero-order valence-corrected chi connectivity index (χ0v) is 17.2. The molecule has 30 heavy (non-hydrogen) atoms. The van der Waals surface area contributed by atoms with Crippen molar-refractivity contribution in [3.63, 3.8) is 0 Å². The van der Waals surface area contributed by atoms with Crippen LogP contribution >= 0.6 is 0 Å². The molecule has 4 N–H and O–H groups in total. The lowest BCUT2D eigenvalue weighted by atomic mass is 9.97. The van der Waals surface area contributed by atoms with Crippen molar-refractivity contribution in [2.75, 3.05) is 22.9 Å². The van der Waals surface area contributed by atoms with Crippen LogP contribution in [-0.4, -0.2) is 26.3 Å². The number of benzene rings is 2. The molecule has 1 aliphatic heterocycles. The molecule has 4 aromatic rings.